The quantitative estimate of drug-likeness (QED) is 0.312. The minimum atomic E-state index is -0.590. The molecule has 0 aliphatic carbocycles. The summed E-state index contributed by atoms with van der Waals surface area (Å²) in [6.07, 6.45) is 6.12. The first kappa shape index (κ1) is 16.3. The molecule has 3 N–H and O–H groups in total. The van der Waals surface area contributed by atoms with Gasteiger partial charge in [-0.1, -0.05) is 0 Å². The highest BCUT2D eigenvalue weighted by Gasteiger charge is 2.03. The van der Waals surface area contributed by atoms with E-state index >= 15 is 0 Å². The number of hydroxylamine groups is 1. The molecule has 2 aromatic rings. The Bertz CT molecular complexity index is 662. The normalized spacial score (nSPS) is 10.5. The molecule has 7 nitrogen and oxygen atoms in total. The Hall–Kier alpha value is -3.06. The molecular weight excluding hydrogens is 300 g/mol. The molecule has 0 radical (unpaired) electrons. The summed E-state index contributed by atoms with van der Waals surface area (Å²) in [6.45, 7) is 0.629. The van der Waals surface area contributed by atoms with Crippen LogP contribution < -0.4 is 15.5 Å². The van der Waals surface area contributed by atoms with Crippen LogP contribution in [0.4, 0.5) is 0 Å². The molecule has 0 spiro atoms. The second kappa shape index (κ2) is 8.40. The monoisotopic (exact) mass is 316 g/mol. The van der Waals surface area contributed by atoms with Gasteiger partial charge in [-0.2, -0.15) is 0 Å². The topological polar surface area (TPSA) is 101 Å². The van der Waals surface area contributed by atoms with Crippen molar-refractivity contribution in [2.24, 2.45) is 0 Å². The molecule has 7 heteroatoms. The lowest BCUT2D eigenvalue weighted by molar-refractivity contribution is -0.116. The van der Waals surface area contributed by atoms with E-state index in [0.717, 1.165) is 5.56 Å². The van der Waals surface area contributed by atoms with Crippen molar-refractivity contribution in [3.05, 3.63) is 60.1 Å². The lowest BCUT2D eigenvalue weighted by Gasteiger charge is -2.07. The van der Waals surface area contributed by atoms with Gasteiger partial charge in [0, 0.05) is 17.2 Å². The Kier molecular flexibility index (Phi) is 5.96. The maximum absolute atomic E-state index is 11.6. The number of carbonyl (C=O) groups is 2. The van der Waals surface area contributed by atoms with Crippen LogP contribution in [0.15, 0.2) is 53.4 Å². The van der Waals surface area contributed by atoms with Crippen molar-refractivity contribution >= 4 is 17.9 Å². The Labute approximate surface area is 132 Å². The van der Waals surface area contributed by atoms with Gasteiger partial charge < -0.3 is 14.5 Å². The maximum atomic E-state index is 11.6. The summed E-state index contributed by atoms with van der Waals surface area (Å²) in [4.78, 5) is 22.7. The van der Waals surface area contributed by atoms with Gasteiger partial charge in [-0.15, -0.1) is 0 Å². The third kappa shape index (κ3) is 5.33. The van der Waals surface area contributed by atoms with Gasteiger partial charge in [0.05, 0.1) is 19.1 Å². The van der Waals surface area contributed by atoms with Crippen molar-refractivity contribution in [2.45, 2.75) is 0 Å². The molecule has 0 aliphatic rings. The third-order valence-electron chi connectivity index (χ3n) is 2.86. The predicted molar refractivity (Wildman–Crippen MR) is 81.9 cm³/mol. The minimum absolute atomic E-state index is 0.232. The zero-order chi connectivity index (χ0) is 16.5. The molecule has 0 unspecified atom stereocenters. The molecule has 0 aliphatic heterocycles. The van der Waals surface area contributed by atoms with E-state index in [1.165, 1.54) is 30.7 Å². The number of furan rings is 1. The molecule has 120 valence electrons. The zero-order valence-electron chi connectivity index (χ0n) is 12.2. The van der Waals surface area contributed by atoms with E-state index in [4.69, 9.17) is 14.4 Å². The molecular formula is C16H16N2O5. The summed E-state index contributed by atoms with van der Waals surface area (Å²) in [7, 11) is 0. The van der Waals surface area contributed by atoms with Crippen molar-refractivity contribution in [3.63, 3.8) is 0 Å². The maximum Gasteiger partial charge on any atom is 0.274 e. The Morgan fingerprint density at radius 3 is 2.65 bits per heavy atom. The summed E-state index contributed by atoms with van der Waals surface area (Å²) < 4.78 is 10.3. The van der Waals surface area contributed by atoms with Crippen LogP contribution in [0, 0.1) is 0 Å². The van der Waals surface area contributed by atoms with Crippen LogP contribution in [0.1, 0.15) is 15.9 Å². The second-order valence-corrected chi connectivity index (χ2v) is 4.49. The molecule has 0 saturated carbocycles. The number of amides is 2. The van der Waals surface area contributed by atoms with Crippen LogP contribution in [-0.4, -0.2) is 30.2 Å². The summed E-state index contributed by atoms with van der Waals surface area (Å²) in [6, 6.07) is 7.99. The predicted octanol–water partition coefficient (Wildman–Crippen LogP) is 1.61. The fourth-order valence-electron chi connectivity index (χ4n) is 1.71. The first-order valence-electron chi connectivity index (χ1n) is 6.84. The fourth-order valence-corrected chi connectivity index (χ4v) is 1.71. The van der Waals surface area contributed by atoms with Gasteiger partial charge in [0.1, 0.15) is 12.4 Å². The highest BCUT2D eigenvalue weighted by Crippen LogP contribution is 2.11. The molecule has 1 heterocycles. The highest BCUT2D eigenvalue weighted by atomic mass is 16.5. The molecule has 1 aromatic carbocycles. The smallest absolute Gasteiger partial charge is 0.274 e. The minimum Gasteiger partial charge on any atom is -0.492 e. The largest absolute Gasteiger partial charge is 0.492 e. The molecule has 0 fully saturated rings. The first-order valence-corrected chi connectivity index (χ1v) is 6.84. The molecule has 23 heavy (non-hydrogen) atoms. The van der Waals surface area contributed by atoms with Crippen LogP contribution in [0.5, 0.6) is 5.75 Å². The molecule has 1 aromatic heterocycles. The first-order chi connectivity index (χ1) is 11.2. The third-order valence-corrected chi connectivity index (χ3v) is 2.86. The van der Waals surface area contributed by atoms with E-state index in [2.05, 4.69) is 5.32 Å². The standard InChI is InChI=1S/C16H16N2O5/c19-15(6-1-12-7-9-22-11-12)17-8-10-23-14-4-2-13(3-5-14)16(20)18-21/h1-7,9,11,21H,8,10H2,(H,17,19)(H,18,20). The molecule has 0 atom stereocenters. The van der Waals surface area contributed by atoms with Crippen molar-refractivity contribution in [2.75, 3.05) is 13.2 Å². The number of ether oxygens (including phenoxy) is 1. The average molecular weight is 316 g/mol. The number of carbonyl (C=O) groups excluding carboxylic acids is 2. The van der Waals surface area contributed by atoms with Gasteiger partial charge in [-0.3, -0.25) is 14.8 Å². The molecule has 0 saturated heterocycles. The SMILES string of the molecule is O=C(C=Cc1ccoc1)NCCOc1ccc(C(=O)NO)cc1. The highest BCUT2D eigenvalue weighted by molar-refractivity contribution is 5.93. The van der Waals surface area contributed by atoms with Crippen LogP contribution in [0.25, 0.3) is 6.08 Å². The van der Waals surface area contributed by atoms with E-state index in [1.807, 2.05) is 0 Å². The molecule has 2 rings (SSSR count). The number of nitrogens with one attached hydrogen (secondary N) is 2. The Morgan fingerprint density at radius 1 is 1.22 bits per heavy atom. The van der Waals surface area contributed by atoms with Crippen LogP contribution in [0.2, 0.25) is 0 Å². The Balaban J connectivity index is 1.68. The lowest BCUT2D eigenvalue weighted by Crippen LogP contribution is -2.26. The molecule has 0 bridgehead atoms. The number of rotatable bonds is 7. The van der Waals surface area contributed by atoms with Crippen LogP contribution in [0.3, 0.4) is 0 Å². The van der Waals surface area contributed by atoms with E-state index in [1.54, 1.807) is 29.8 Å². The number of benzene rings is 1. The fraction of sp³-hybridized carbons (Fsp3) is 0.125. The van der Waals surface area contributed by atoms with Crippen molar-refractivity contribution < 1.29 is 24.0 Å². The summed E-state index contributed by atoms with van der Waals surface area (Å²) in [5.74, 6) is -0.263. The number of hydrogen-bond acceptors (Lipinski definition) is 5. The summed E-state index contributed by atoms with van der Waals surface area (Å²) in [5, 5.41) is 11.2. The lowest BCUT2D eigenvalue weighted by atomic mass is 10.2. The van der Waals surface area contributed by atoms with Gasteiger partial charge in [0.2, 0.25) is 5.91 Å². The van der Waals surface area contributed by atoms with Gasteiger partial charge in [-0.05, 0) is 36.4 Å². The zero-order valence-corrected chi connectivity index (χ0v) is 12.2. The van der Waals surface area contributed by atoms with Crippen LogP contribution >= 0.6 is 0 Å². The van der Waals surface area contributed by atoms with Crippen molar-refractivity contribution in [1.82, 2.24) is 10.8 Å². The summed E-state index contributed by atoms with van der Waals surface area (Å²) in [5.41, 5.74) is 2.67. The van der Waals surface area contributed by atoms with Gasteiger partial charge >= 0.3 is 0 Å². The van der Waals surface area contributed by atoms with Crippen molar-refractivity contribution in [1.29, 1.82) is 0 Å². The Morgan fingerprint density at radius 2 is 2.00 bits per heavy atom. The second-order valence-electron chi connectivity index (χ2n) is 4.49. The van der Waals surface area contributed by atoms with E-state index in [-0.39, 0.29) is 12.5 Å². The van der Waals surface area contributed by atoms with E-state index < -0.39 is 5.91 Å². The number of hydrogen-bond donors (Lipinski definition) is 3. The van der Waals surface area contributed by atoms with Gasteiger partial charge in [-0.25, -0.2) is 5.48 Å². The molecule has 2 amide bonds. The van der Waals surface area contributed by atoms with Crippen molar-refractivity contribution in [3.8, 4) is 5.75 Å². The summed E-state index contributed by atoms with van der Waals surface area (Å²) >= 11 is 0. The van der Waals surface area contributed by atoms with Gasteiger partial charge in [0.25, 0.3) is 5.91 Å². The van der Waals surface area contributed by atoms with Gasteiger partial charge in [0.15, 0.2) is 0 Å². The van der Waals surface area contributed by atoms with E-state index in [9.17, 15) is 9.59 Å². The van der Waals surface area contributed by atoms with E-state index in [0.29, 0.717) is 17.9 Å². The average Bonchev–Trinajstić information content (AvgIpc) is 3.10. The van der Waals surface area contributed by atoms with Crippen LogP contribution in [-0.2, 0) is 4.79 Å².